The van der Waals surface area contributed by atoms with Crippen molar-refractivity contribution in [3.8, 4) is 11.6 Å². The highest BCUT2D eigenvalue weighted by molar-refractivity contribution is 6.30. The molecule has 1 saturated heterocycles. The molecule has 1 unspecified atom stereocenters. The molecule has 7 nitrogen and oxygen atoms in total. The Morgan fingerprint density at radius 1 is 1.25 bits per heavy atom. The molecule has 1 aliphatic heterocycles. The molecule has 2 amide bonds. The summed E-state index contributed by atoms with van der Waals surface area (Å²) in [6.45, 7) is 5.44. The van der Waals surface area contributed by atoms with Crippen LogP contribution in [0.3, 0.4) is 0 Å². The van der Waals surface area contributed by atoms with Crippen LogP contribution in [-0.2, 0) is 4.79 Å². The Labute approximate surface area is 194 Å². The molecule has 1 aliphatic rings. The van der Waals surface area contributed by atoms with Gasteiger partial charge in [-0.25, -0.2) is 9.78 Å². The third-order valence-corrected chi connectivity index (χ3v) is 6.03. The Balaban J connectivity index is 1.67. The van der Waals surface area contributed by atoms with E-state index in [1.807, 2.05) is 17.0 Å². The van der Waals surface area contributed by atoms with Gasteiger partial charge in [-0.15, -0.1) is 0 Å². The lowest BCUT2D eigenvalue weighted by Gasteiger charge is -2.40. The number of halogens is 1. The lowest BCUT2D eigenvalue weighted by atomic mass is 9.84. The van der Waals surface area contributed by atoms with Crippen LogP contribution in [0.1, 0.15) is 33.1 Å². The first-order valence-electron chi connectivity index (χ1n) is 10.9. The van der Waals surface area contributed by atoms with Crippen molar-refractivity contribution < 1.29 is 19.1 Å². The van der Waals surface area contributed by atoms with Gasteiger partial charge in [0.1, 0.15) is 0 Å². The number of methoxy groups -OCH3 is 1. The largest absolute Gasteiger partial charge is 0.478 e. The minimum absolute atomic E-state index is 0.0465. The number of benzene rings is 1. The lowest BCUT2D eigenvalue weighted by Crippen LogP contribution is -2.47. The van der Waals surface area contributed by atoms with Gasteiger partial charge in [0.05, 0.1) is 7.11 Å². The molecular weight excluding hydrogens is 430 g/mol. The number of likely N-dealkylation sites (tertiary alicyclic amines) is 1. The van der Waals surface area contributed by atoms with Gasteiger partial charge in [0.15, 0.2) is 5.75 Å². The normalized spacial score (nSPS) is 15.3. The summed E-state index contributed by atoms with van der Waals surface area (Å²) in [5.74, 6) is 1.28. The SMILES string of the molecule is COc1ncccc1OC(=O)N1CCC(C(CC(C)C)N(C=O)c2ccc(Cl)cc2)CC1. The summed E-state index contributed by atoms with van der Waals surface area (Å²) >= 11 is 6.03. The molecule has 8 heteroatoms. The number of carbonyl (C=O) groups is 2. The molecule has 0 bridgehead atoms. The van der Waals surface area contributed by atoms with Crippen LogP contribution < -0.4 is 14.4 Å². The summed E-state index contributed by atoms with van der Waals surface area (Å²) in [6, 6.07) is 10.7. The van der Waals surface area contributed by atoms with Crippen LogP contribution in [0.2, 0.25) is 5.02 Å². The number of ether oxygens (including phenoxy) is 2. The number of nitrogens with zero attached hydrogens (tertiary/aromatic N) is 3. The van der Waals surface area contributed by atoms with Gasteiger partial charge in [-0.2, -0.15) is 0 Å². The molecule has 0 saturated carbocycles. The minimum atomic E-state index is -0.417. The third kappa shape index (κ3) is 5.91. The second-order valence-corrected chi connectivity index (χ2v) is 8.83. The first kappa shape index (κ1) is 23.9. The van der Waals surface area contributed by atoms with E-state index in [0.717, 1.165) is 31.4 Å². The molecule has 172 valence electrons. The van der Waals surface area contributed by atoms with Crippen molar-refractivity contribution in [2.45, 2.75) is 39.2 Å². The van der Waals surface area contributed by atoms with E-state index in [2.05, 4.69) is 18.8 Å². The summed E-state index contributed by atoms with van der Waals surface area (Å²) in [4.78, 5) is 32.3. The summed E-state index contributed by atoms with van der Waals surface area (Å²) in [5.41, 5.74) is 0.834. The maximum atomic E-state index is 12.7. The van der Waals surface area contributed by atoms with Gasteiger partial charge in [0, 0.05) is 36.0 Å². The fourth-order valence-corrected chi connectivity index (χ4v) is 4.32. The van der Waals surface area contributed by atoms with Crippen molar-refractivity contribution in [3.05, 3.63) is 47.6 Å². The topological polar surface area (TPSA) is 72.0 Å². The first-order valence-corrected chi connectivity index (χ1v) is 11.3. The average molecular weight is 460 g/mol. The van der Waals surface area contributed by atoms with Gasteiger partial charge >= 0.3 is 6.09 Å². The van der Waals surface area contributed by atoms with Crippen LogP contribution in [0.4, 0.5) is 10.5 Å². The summed E-state index contributed by atoms with van der Waals surface area (Å²) in [6.07, 6.45) is 4.52. The zero-order valence-corrected chi connectivity index (χ0v) is 19.5. The lowest BCUT2D eigenvalue weighted by molar-refractivity contribution is -0.108. The number of piperidine rings is 1. The second kappa shape index (κ2) is 11.2. The molecule has 0 spiro atoms. The molecule has 1 aromatic carbocycles. The molecular formula is C24H30ClN3O4. The molecule has 32 heavy (non-hydrogen) atoms. The Bertz CT molecular complexity index is 898. The summed E-state index contributed by atoms with van der Waals surface area (Å²) in [7, 11) is 1.49. The third-order valence-electron chi connectivity index (χ3n) is 5.78. The van der Waals surface area contributed by atoms with Gasteiger partial charge < -0.3 is 19.3 Å². The number of anilines is 1. The molecule has 1 aromatic heterocycles. The summed E-state index contributed by atoms with van der Waals surface area (Å²) in [5, 5.41) is 0.636. The number of aromatic nitrogens is 1. The Hall–Kier alpha value is -2.80. The first-order chi connectivity index (χ1) is 15.4. The van der Waals surface area contributed by atoms with Gasteiger partial charge in [0.2, 0.25) is 6.41 Å². The van der Waals surface area contributed by atoms with E-state index >= 15 is 0 Å². The van der Waals surface area contributed by atoms with Crippen LogP contribution >= 0.6 is 11.6 Å². The molecule has 0 N–H and O–H groups in total. The van der Waals surface area contributed by atoms with Crippen LogP contribution in [0.5, 0.6) is 11.6 Å². The maximum absolute atomic E-state index is 12.7. The predicted molar refractivity (Wildman–Crippen MR) is 124 cm³/mol. The van der Waals surface area contributed by atoms with Gasteiger partial charge in [0.25, 0.3) is 5.88 Å². The Kier molecular flexibility index (Phi) is 8.33. The zero-order chi connectivity index (χ0) is 23.1. The van der Waals surface area contributed by atoms with Crippen molar-refractivity contribution in [1.82, 2.24) is 9.88 Å². The molecule has 3 rings (SSSR count). The van der Waals surface area contributed by atoms with Crippen molar-refractivity contribution in [3.63, 3.8) is 0 Å². The number of hydrogen-bond donors (Lipinski definition) is 0. The van der Waals surface area contributed by atoms with Crippen molar-refractivity contribution in [2.24, 2.45) is 11.8 Å². The zero-order valence-electron chi connectivity index (χ0n) is 18.7. The van der Waals surface area contributed by atoms with Gasteiger partial charge in [-0.05, 0) is 67.5 Å². The maximum Gasteiger partial charge on any atom is 0.415 e. The predicted octanol–water partition coefficient (Wildman–Crippen LogP) is 5.03. The van der Waals surface area contributed by atoms with E-state index in [4.69, 9.17) is 21.1 Å². The van der Waals surface area contributed by atoms with Gasteiger partial charge in [-0.1, -0.05) is 25.4 Å². The molecule has 1 fully saturated rings. The van der Waals surface area contributed by atoms with E-state index in [9.17, 15) is 9.59 Å². The number of hydrogen-bond acceptors (Lipinski definition) is 5. The number of rotatable bonds is 8. The summed E-state index contributed by atoms with van der Waals surface area (Å²) < 4.78 is 10.7. The Morgan fingerprint density at radius 2 is 1.94 bits per heavy atom. The molecule has 2 heterocycles. The molecule has 2 aromatic rings. The number of carbonyl (C=O) groups excluding carboxylic acids is 2. The highest BCUT2D eigenvalue weighted by Gasteiger charge is 2.33. The highest BCUT2D eigenvalue weighted by Crippen LogP contribution is 2.32. The van der Waals surface area contributed by atoms with E-state index in [1.165, 1.54) is 7.11 Å². The van der Waals surface area contributed by atoms with Crippen LogP contribution in [0.15, 0.2) is 42.6 Å². The van der Waals surface area contributed by atoms with Crippen LogP contribution in [0.25, 0.3) is 0 Å². The van der Waals surface area contributed by atoms with E-state index in [-0.39, 0.29) is 17.8 Å². The van der Waals surface area contributed by atoms with Crippen molar-refractivity contribution in [1.29, 1.82) is 0 Å². The van der Waals surface area contributed by atoms with Crippen LogP contribution in [0, 0.1) is 11.8 Å². The smallest absolute Gasteiger partial charge is 0.415 e. The fourth-order valence-electron chi connectivity index (χ4n) is 4.19. The quantitative estimate of drug-likeness (QED) is 0.517. The van der Waals surface area contributed by atoms with E-state index in [1.54, 1.807) is 35.4 Å². The van der Waals surface area contributed by atoms with E-state index in [0.29, 0.717) is 29.8 Å². The minimum Gasteiger partial charge on any atom is -0.478 e. The number of pyridine rings is 1. The van der Waals surface area contributed by atoms with Crippen molar-refractivity contribution in [2.75, 3.05) is 25.1 Å². The molecule has 0 aliphatic carbocycles. The molecule has 0 radical (unpaired) electrons. The second-order valence-electron chi connectivity index (χ2n) is 8.39. The van der Waals surface area contributed by atoms with Gasteiger partial charge in [-0.3, -0.25) is 4.79 Å². The fraction of sp³-hybridized carbons (Fsp3) is 0.458. The average Bonchev–Trinajstić information content (AvgIpc) is 2.80. The Morgan fingerprint density at radius 3 is 2.53 bits per heavy atom. The monoisotopic (exact) mass is 459 g/mol. The highest BCUT2D eigenvalue weighted by atomic mass is 35.5. The number of amides is 2. The van der Waals surface area contributed by atoms with Crippen molar-refractivity contribution >= 4 is 29.8 Å². The van der Waals surface area contributed by atoms with Crippen LogP contribution in [-0.4, -0.2) is 48.6 Å². The van der Waals surface area contributed by atoms with E-state index < -0.39 is 6.09 Å². The standard InChI is InChI=1S/C24H30ClN3O4/c1-17(2)15-21(28(16-29)20-8-6-19(25)7-9-20)18-10-13-27(14-11-18)24(30)32-22-5-4-12-26-23(22)31-3/h4-9,12,16-18,21H,10-11,13-15H2,1-3H3. The molecule has 1 atom stereocenters.